The maximum absolute atomic E-state index is 11.7. The Labute approximate surface area is 298 Å². The molecular weight excluding hydrogens is 797 g/mol. The number of furan rings is 2. The first-order chi connectivity index (χ1) is 22.8. The minimum atomic E-state index is 0. The monoisotopic (exact) mass is 838 g/mol. The van der Waals surface area contributed by atoms with Crippen molar-refractivity contribution in [2.75, 3.05) is 0 Å². The molecule has 0 aliphatic heterocycles. The Bertz CT molecular complexity index is 2230. The van der Waals surface area contributed by atoms with Crippen LogP contribution < -0.4 is 0 Å². The summed E-state index contributed by atoms with van der Waals surface area (Å²) >= 11 is 1.72. The summed E-state index contributed by atoms with van der Waals surface area (Å²) in [5.74, 6) is 0.825. The number of carbonyl (C=O) groups excluding carboxylic acids is 1. The predicted molar refractivity (Wildman–Crippen MR) is 194 cm³/mol. The van der Waals surface area contributed by atoms with Crippen molar-refractivity contribution < 1.29 is 38.8 Å². The second-order valence-corrected chi connectivity index (χ2v) is 13.4. The van der Waals surface area contributed by atoms with Crippen molar-refractivity contribution in [1.82, 2.24) is 9.97 Å². The Morgan fingerprint density at radius 3 is 2.25 bits per heavy atom. The van der Waals surface area contributed by atoms with Crippen molar-refractivity contribution in [2.24, 2.45) is 11.8 Å². The number of para-hydroxylation sites is 1. The second kappa shape index (κ2) is 15.1. The first-order valence-corrected chi connectivity index (χ1v) is 17.5. The van der Waals surface area contributed by atoms with Crippen molar-refractivity contribution in [1.29, 1.82) is 0 Å². The van der Waals surface area contributed by atoms with E-state index in [2.05, 4.69) is 54.1 Å². The summed E-state index contributed by atoms with van der Waals surface area (Å²) in [6.07, 6.45) is 6.55. The van der Waals surface area contributed by atoms with E-state index in [1.165, 1.54) is 16.3 Å². The number of fused-ring (bicyclic) bond motifs is 8. The van der Waals surface area contributed by atoms with E-state index >= 15 is 0 Å². The van der Waals surface area contributed by atoms with E-state index < -0.39 is 0 Å². The van der Waals surface area contributed by atoms with E-state index in [0.29, 0.717) is 5.58 Å². The van der Waals surface area contributed by atoms with Gasteiger partial charge in [0, 0.05) is 58.5 Å². The van der Waals surface area contributed by atoms with Gasteiger partial charge in [0.25, 0.3) is 0 Å². The van der Waals surface area contributed by atoms with Crippen molar-refractivity contribution in [3.05, 3.63) is 84.4 Å². The molecule has 0 saturated carbocycles. The zero-order chi connectivity index (χ0) is 33.2. The SMILES string of the molecule is CC(C)c1cc(-c2ncnc3c2sc2ccccc23)[c-]c2oc3c4ccccc4oc3c12.CCC(CC)C(=O)/C=C(\O)C(CC)CC.[Ir]. The van der Waals surface area contributed by atoms with Crippen LogP contribution in [0.15, 0.2) is 81.6 Å². The topological polar surface area (TPSA) is 89.4 Å². The van der Waals surface area contributed by atoms with E-state index in [4.69, 9.17) is 8.83 Å². The van der Waals surface area contributed by atoms with Crippen LogP contribution in [-0.2, 0) is 24.9 Å². The average Bonchev–Trinajstić information content (AvgIpc) is 3.75. The molecule has 3 aromatic carbocycles. The number of hydrogen-bond donors (Lipinski definition) is 1. The van der Waals surface area contributed by atoms with E-state index in [-0.39, 0.29) is 49.4 Å². The number of allylic oxidation sites excluding steroid dienone is 2. The van der Waals surface area contributed by atoms with Gasteiger partial charge in [-0.2, -0.15) is 0 Å². The Morgan fingerprint density at radius 2 is 1.56 bits per heavy atom. The fourth-order valence-corrected chi connectivity index (χ4v) is 7.52. The van der Waals surface area contributed by atoms with Gasteiger partial charge in [-0.15, -0.1) is 28.5 Å². The molecule has 0 saturated heterocycles. The third-order valence-electron chi connectivity index (χ3n) is 9.16. The van der Waals surface area contributed by atoms with Gasteiger partial charge in [0.15, 0.2) is 11.4 Å². The molecule has 7 aromatic rings. The maximum atomic E-state index is 11.7. The Morgan fingerprint density at radius 1 is 0.896 bits per heavy atom. The first-order valence-electron chi connectivity index (χ1n) is 16.7. The number of aromatic nitrogens is 2. The summed E-state index contributed by atoms with van der Waals surface area (Å²) in [7, 11) is 0. The number of thiophene rings is 1. The van der Waals surface area contributed by atoms with Crippen LogP contribution in [0.4, 0.5) is 0 Å². The molecule has 4 heterocycles. The van der Waals surface area contributed by atoms with Crippen LogP contribution in [-0.4, -0.2) is 20.9 Å². The molecule has 1 radical (unpaired) electrons. The second-order valence-electron chi connectivity index (χ2n) is 12.4. The van der Waals surface area contributed by atoms with E-state index in [9.17, 15) is 9.90 Å². The summed E-state index contributed by atoms with van der Waals surface area (Å²) in [6, 6.07) is 22.0. The molecule has 7 rings (SSSR count). The van der Waals surface area contributed by atoms with Crippen LogP contribution in [0.3, 0.4) is 0 Å². The van der Waals surface area contributed by atoms with Gasteiger partial charge in [-0.1, -0.05) is 77.9 Å². The normalized spacial score (nSPS) is 12.1. The molecule has 0 amide bonds. The molecule has 0 spiro atoms. The fraction of sp³-hybridized carbons (Fsp3) is 0.325. The summed E-state index contributed by atoms with van der Waals surface area (Å²) < 4.78 is 14.8. The number of nitrogens with zero attached hydrogens (tertiary/aromatic N) is 2. The molecule has 251 valence electrons. The Kier molecular flexibility index (Phi) is 11.2. The quantitative estimate of drug-likeness (QED) is 0.0885. The summed E-state index contributed by atoms with van der Waals surface area (Å²) in [4.78, 5) is 21.0. The summed E-state index contributed by atoms with van der Waals surface area (Å²) in [5, 5.41) is 12.9. The number of aliphatic hydroxyl groups is 1. The number of rotatable bonds is 9. The standard InChI is InChI=1S/C27H17N2O2S.C13H24O2.Ir/c1-14(2)18-11-15(23-27-24(29-13-28-23)17-8-4-6-10-21(17)32-27)12-20-22(18)26-25(31-20)16-7-3-5-9-19(16)30-26;1-5-10(6-2)12(14)9-13(15)11(7-3)8-4;/h3-11,13-14H,1-2H3;9-11,14H,5-8H2,1-4H3;/q-1;;/b;12-9-;. The smallest absolute Gasteiger partial charge is 0.169 e. The predicted octanol–water partition coefficient (Wildman–Crippen LogP) is 11.9. The van der Waals surface area contributed by atoms with E-state index in [0.717, 1.165) is 80.1 Å². The Hall–Kier alpha value is -3.84. The van der Waals surface area contributed by atoms with Crippen molar-refractivity contribution >= 4 is 70.5 Å². The van der Waals surface area contributed by atoms with E-state index in [1.807, 2.05) is 58.0 Å². The van der Waals surface area contributed by atoms with Crippen LogP contribution in [0.5, 0.6) is 0 Å². The first kappa shape index (κ1) is 35.5. The van der Waals surface area contributed by atoms with Gasteiger partial charge in [-0.05, 0) is 55.2 Å². The molecule has 0 atom stereocenters. The molecule has 0 bridgehead atoms. The fourth-order valence-electron chi connectivity index (χ4n) is 6.36. The van der Waals surface area contributed by atoms with Crippen LogP contribution in [0.25, 0.3) is 64.7 Å². The van der Waals surface area contributed by atoms with E-state index in [1.54, 1.807) is 17.7 Å². The van der Waals surface area contributed by atoms with Gasteiger partial charge in [0.2, 0.25) is 0 Å². The number of aliphatic hydroxyl groups excluding tert-OH is 1. The molecule has 1 N–H and O–H groups in total. The van der Waals surface area contributed by atoms with Crippen LogP contribution in [0.1, 0.15) is 78.7 Å². The summed E-state index contributed by atoms with van der Waals surface area (Å²) in [5.41, 5.74) is 7.07. The zero-order valence-electron chi connectivity index (χ0n) is 28.2. The van der Waals surface area contributed by atoms with Gasteiger partial charge in [-0.25, -0.2) is 4.98 Å². The largest absolute Gasteiger partial charge is 0.512 e. The minimum absolute atomic E-state index is 0. The number of hydrogen-bond acceptors (Lipinski definition) is 7. The molecule has 8 heteroatoms. The van der Waals surface area contributed by atoms with Gasteiger partial charge in [0.05, 0.1) is 22.2 Å². The zero-order valence-corrected chi connectivity index (χ0v) is 31.4. The van der Waals surface area contributed by atoms with Gasteiger partial charge < -0.3 is 13.9 Å². The van der Waals surface area contributed by atoms with Gasteiger partial charge >= 0.3 is 0 Å². The van der Waals surface area contributed by atoms with Gasteiger partial charge in [-0.3, -0.25) is 9.78 Å². The third-order valence-corrected chi connectivity index (χ3v) is 10.3. The maximum Gasteiger partial charge on any atom is 0.169 e. The van der Waals surface area contributed by atoms with Crippen molar-refractivity contribution in [2.45, 2.75) is 73.1 Å². The molecular formula is C40H41IrN2O4S-. The minimum Gasteiger partial charge on any atom is -0.512 e. The molecule has 0 fully saturated rings. The number of ketones is 1. The van der Waals surface area contributed by atoms with Crippen molar-refractivity contribution in [3.63, 3.8) is 0 Å². The number of benzene rings is 3. The van der Waals surface area contributed by atoms with Crippen LogP contribution in [0.2, 0.25) is 0 Å². The van der Waals surface area contributed by atoms with Crippen molar-refractivity contribution in [3.8, 4) is 11.3 Å². The van der Waals surface area contributed by atoms with Gasteiger partial charge in [0.1, 0.15) is 17.5 Å². The average molecular weight is 838 g/mol. The summed E-state index contributed by atoms with van der Waals surface area (Å²) in [6.45, 7) is 12.5. The molecule has 0 aliphatic carbocycles. The molecule has 0 unspecified atom stereocenters. The third kappa shape index (κ3) is 6.58. The Balaban J connectivity index is 0.000000243. The molecule has 0 aliphatic rings. The number of carbonyl (C=O) groups is 1. The van der Waals surface area contributed by atoms with Crippen LogP contribution in [0, 0.1) is 17.9 Å². The molecule has 48 heavy (non-hydrogen) atoms. The molecule has 4 aromatic heterocycles. The van der Waals surface area contributed by atoms with Crippen LogP contribution >= 0.6 is 11.3 Å². The molecule has 6 nitrogen and oxygen atoms in total.